The Bertz CT molecular complexity index is 1750. The average molecular weight is 776 g/mol. The van der Waals surface area contributed by atoms with Crippen LogP contribution >= 0.6 is 11.6 Å². The molecule has 2 aromatic carbocycles. The Morgan fingerprint density at radius 2 is 1.74 bits per heavy atom. The summed E-state index contributed by atoms with van der Waals surface area (Å²) in [5.74, 6) is -3.28. The monoisotopic (exact) mass is 775 g/mol. The van der Waals surface area contributed by atoms with E-state index in [1.807, 2.05) is 27.7 Å². The average Bonchev–Trinajstić information content (AvgIpc) is 3.06. The molecule has 1 unspecified atom stereocenters. The highest BCUT2D eigenvalue weighted by molar-refractivity contribution is 6.74. The first-order valence-electron chi connectivity index (χ1n) is 18.1. The summed E-state index contributed by atoms with van der Waals surface area (Å²) in [5.41, 5.74) is 0.573. The maximum absolute atomic E-state index is 15.6. The number of hydrogen-bond donors (Lipinski definition) is 1. The molecule has 13 heteroatoms. The molecule has 53 heavy (non-hydrogen) atoms. The Kier molecular flexibility index (Phi) is 13.8. The molecule has 0 radical (unpaired) electrons. The summed E-state index contributed by atoms with van der Waals surface area (Å²) in [6.07, 6.45) is 2.08. The Balaban J connectivity index is 1.55. The molecule has 1 aromatic heterocycles. The van der Waals surface area contributed by atoms with Crippen molar-refractivity contribution in [3.63, 3.8) is 0 Å². The molecule has 1 aliphatic heterocycles. The fraction of sp³-hybridized carbons (Fsp3) is 0.525. The molecule has 4 rings (SSSR count). The topological polar surface area (TPSA) is 90.0 Å². The van der Waals surface area contributed by atoms with Crippen LogP contribution in [0.4, 0.5) is 23.7 Å². The van der Waals surface area contributed by atoms with Crippen LogP contribution in [0.15, 0.2) is 54.9 Å². The van der Waals surface area contributed by atoms with Crippen molar-refractivity contribution in [1.29, 1.82) is 0 Å². The van der Waals surface area contributed by atoms with Crippen molar-refractivity contribution < 1.29 is 36.7 Å². The Labute approximate surface area is 317 Å². The van der Waals surface area contributed by atoms with Crippen molar-refractivity contribution in [2.24, 2.45) is 5.92 Å². The number of carbonyl (C=O) groups is 2. The summed E-state index contributed by atoms with van der Waals surface area (Å²) in [4.78, 5) is 32.9. The van der Waals surface area contributed by atoms with Crippen LogP contribution in [-0.4, -0.2) is 67.7 Å². The summed E-state index contributed by atoms with van der Waals surface area (Å²) in [6.45, 7) is 18.9. The van der Waals surface area contributed by atoms with Crippen LogP contribution in [0.5, 0.6) is 0 Å². The lowest BCUT2D eigenvalue weighted by atomic mass is 9.87. The van der Waals surface area contributed by atoms with Crippen LogP contribution in [0.3, 0.4) is 0 Å². The summed E-state index contributed by atoms with van der Waals surface area (Å²) in [5, 5.41) is 2.70. The second-order valence-corrected chi connectivity index (χ2v) is 21.5. The third-order valence-corrected chi connectivity index (χ3v) is 15.0. The Morgan fingerprint density at radius 3 is 2.36 bits per heavy atom. The molecule has 1 fully saturated rings. The fourth-order valence-electron chi connectivity index (χ4n) is 6.05. The normalized spacial score (nSPS) is 18.0. The minimum Gasteiger partial charge on any atom is -0.444 e. The minimum absolute atomic E-state index is 0.0228. The highest BCUT2D eigenvalue weighted by Gasteiger charge is 2.42. The first-order valence-corrected chi connectivity index (χ1v) is 21.4. The van der Waals surface area contributed by atoms with E-state index in [1.54, 1.807) is 17.0 Å². The largest absolute Gasteiger partial charge is 0.444 e. The van der Waals surface area contributed by atoms with E-state index in [-0.39, 0.29) is 59.3 Å². The number of rotatable bonds is 12. The molecule has 1 aliphatic rings. The quantitative estimate of drug-likeness (QED) is 0.184. The van der Waals surface area contributed by atoms with Crippen molar-refractivity contribution in [3.05, 3.63) is 94.0 Å². The van der Waals surface area contributed by atoms with Crippen LogP contribution < -0.4 is 5.32 Å². The fourth-order valence-corrected chi connectivity index (χ4v) is 7.21. The molecular formula is C40H53ClF3N3O5Si. The van der Waals surface area contributed by atoms with Gasteiger partial charge in [-0.1, -0.05) is 63.9 Å². The van der Waals surface area contributed by atoms with Crippen LogP contribution in [0.25, 0.3) is 0 Å². The number of aromatic nitrogens is 1. The SMILES string of the molecule is CCC(Cc1c(F)cncc1NC(=O)C[C@H](c1cccc(F)c1)c1ccc(Cl)c(F)c1)[C@@H]1CN(C(=O)OC(C)(C)C)[C@H](CO[Si](C)(C)C(C)(C)C)CO1. The lowest BCUT2D eigenvalue weighted by Crippen LogP contribution is -2.58. The summed E-state index contributed by atoms with van der Waals surface area (Å²) in [6, 6.07) is 9.57. The molecule has 3 aromatic rings. The van der Waals surface area contributed by atoms with Crippen molar-refractivity contribution in [1.82, 2.24) is 9.88 Å². The van der Waals surface area contributed by atoms with Crippen LogP contribution in [0.2, 0.25) is 23.2 Å². The van der Waals surface area contributed by atoms with E-state index in [1.165, 1.54) is 36.5 Å². The molecule has 0 bridgehead atoms. The number of ether oxygens (including phenoxy) is 2. The van der Waals surface area contributed by atoms with Gasteiger partial charge in [0.15, 0.2) is 8.32 Å². The minimum atomic E-state index is -2.13. The van der Waals surface area contributed by atoms with Gasteiger partial charge in [0.1, 0.15) is 23.1 Å². The van der Waals surface area contributed by atoms with E-state index in [0.29, 0.717) is 24.2 Å². The standard InChI is InChI=1S/C40H53ClF3N3O5Si/c1-10-25(36-22-47(38(49)52-39(2,3)4)29(23-50-36)24-51-53(8,9)40(5,6)7)17-31-34(44)20-45-21-35(31)46-37(48)19-30(26-12-11-13-28(42)16-26)27-14-15-32(41)33(43)18-27/h11-16,18,20-21,25,29-30,36H,10,17,19,22-24H2,1-9H3,(H,46,48)/t25?,29-,30+,36-/m0/s1. The summed E-state index contributed by atoms with van der Waals surface area (Å²) in [7, 11) is -2.13. The van der Waals surface area contributed by atoms with Crippen molar-refractivity contribution in [2.75, 3.05) is 25.1 Å². The van der Waals surface area contributed by atoms with Gasteiger partial charge < -0.3 is 19.2 Å². The number of hydrogen-bond acceptors (Lipinski definition) is 6. The summed E-state index contributed by atoms with van der Waals surface area (Å²) >= 11 is 5.92. The number of carbonyl (C=O) groups excluding carboxylic acids is 2. The number of halogens is 4. The number of morpholine rings is 1. The second-order valence-electron chi connectivity index (χ2n) is 16.3. The first-order chi connectivity index (χ1) is 24.7. The number of anilines is 1. The van der Waals surface area contributed by atoms with Gasteiger partial charge in [0, 0.05) is 17.9 Å². The highest BCUT2D eigenvalue weighted by atomic mass is 35.5. The third-order valence-electron chi connectivity index (χ3n) is 10.2. The van der Waals surface area contributed by atoms with E-state index < -0.39 is 55.4 Å². The zero-order valence-corrected chi connectivity index (χ0v) is 34.0. The van der Waals surface area contributed by atoms with Crippen molar-refractivity contribution >= 4 is 37.6 Å². The van der Waals surface area contributed by atoms with Gasteiger partial charge in [-0.2, -0.15) is 0 Å². The maximum atomic E-state index is 15.6. The third kappa shape index (κ3) is 11.3. The molecular weight excluding hydrogens is 723 g/mol. The zero-order chi connectivity index (χ0) is 39.3. The molecule has 1 N–H and O–H groups in total. The lowest BCUT2D eigenvalue weighted by Gasteiger charge is -2.44. The maximum Gasteiger partial charge on any atom is 0.410 e. The van der Waals surface area contributed by atoms with Crippen LogP contribution in [0, 0.1) is 23.4 Å². The number of pyridine rings is 1. The molecule has 1 saturated heterocycles. The van der Waals surface area contributed by atoms with E-state index in [4.69, 9.17) is 25.5 Å². The molecule has 0 saturated carbocycles. The summed E-state index contributed by atoms with van der Waals surface area (Å²) < 4.78 is 63.1. The van der Waals surface area contributed by atoms with Gasteiger partial charge in [0.05, 0.1) is 55.0 Å². The van der Waals surface area contributed by atoms with Crippen molar-refractivity contribution in [2.45, 2.75) is 110 Å². The number of amides is 2. The van der Waals surface area contributed by atoms with E-state index >= 15 is 4.39 Å². The van der Waals surface area contributed by atoms with Gasteiger partial charge in [-0.25, -0.2) is 18.0 Å². The lowest BCUT2D eigenvalue weighted by molar-refractivity contribution is -0.116. The molecule has 0 aliphatic carbocycles. The molecule has 290 valence electrons. The second kappa shape index (κ2) is 17.3. The molecule has 2 amide bonds. The molecule has 4 atom stereocenters. The number of benzene rings is 2. The molecule has 0 spiro atoms. The van der Waals surface area contributed by atoms with Gasteiger partial charge in [-0.05, 0) is 86.6 Å². The number of nitrogens with zero attached hydrogens (tertiary/aromatic N) is 2. The van der Waals surface area contributed by atoms with E-state index in [9.17, 15) is 18.4 Å². The molecule has 2 heterocycles. The van der Waals surface area contributed by atoms with Gasteiger partial charge in [0.25, 0.3) is 0 Å². The number of nitrogens with one attached hydrogen (secondary N) is 1. The van der Waals surface area contributed by atoms with E-state index in [2.05, 4.69) is 44.2 Å². The predicted molar refractivity (Wildman–Crippen MR) is 204 cm³/mol. The van der Waals surface area contributed by atoms with Gasteiger partial charge in [0.2, 0.25) is 5.91 Å². The molecule has 8 nitrogen and oxygen atoms in total. The Morgan fingerprint density at radius 1 is 1.04 bits per heavy atom. The highest BCUT2D eigenvalue weighted by Crippen LogP contribution is 2.37. The van der Waals surface area contributed by atoms with Gasteiger partial charge in [-0.15, -0.1) is 0 Å². The van der Waals surface area contributed by atoms with Crippen LogP contribution in [0.1, 0.15) is 83.9 Å². The first kappa shape index (κ1) is 42.3. The predicted octanol–water partition coefficient (Wildman–Crippen LogP) is 9.91. The van der Waals surface area contributed by atoms with Crippen LogP contribution in [-0.2, 0) is 25.1 Å². The Hall–Kier alpha value is -3.45. The van der Waals surface area contributed by atoms with Gasteiger partial charge in [-0.3, -0.25) is 14.7 Å². The van der Waals surface area contributed by atoms with Gasteiger partial charge >= 0.3 is 6.09 Å². The smallest absolute Gasteiger partial charge is 0.410 e. The zero-order valence-electron chi connectivity index (χ0n) is 32.2. The van der Waals surface area contributed by atoms with E-state index in [0.717, 1.165) is 6.20 Å². The van der Waals surface area contributed by atoms with Crippen molar-refractivity contribution in [3.8, 4) is 0 Å².